The Morgan fingerprint density at radius 1 is 0.455 bits per heavy atom. The van der Waals surface area contributed by atoms with E-state index in [4.69, 9.17) is 45.0 Å². The molecule has 0 spiro atoms. The predicted octanol–water partition coefficient (Wildman–Crippen LogP) is 6.58. The first kappa shape index (κ1) is 91.0. The van der Waals surface area contributed by atoms with Crippen molar-refractivity contribution in [2.24, 2.45) is 40.2 Å². The Kier molecular flexibility index (Phi) is 34.4. The molecule has 40 heteroatoms. The highest BCUT2D eigenvalue weighted by molar-refractivity contribution is 7.15. The highest BCUT2D eigenvalue weighted by atomic mass is 35.5. The average molecular weight is 1710 g/mol. The molecule has 2 aromatic carbocycles. The Bertz CT molecular complexity index is 5100. The number of ether oxygens (including phenoxy) is 6. The fraction of sp³-hybridized carbons (Fsp3) is 0.432. The zero-order valence-electron chi connectivity index (χ0n) is 68.9. The molecule has 10 amide bonds. The van der Waals surface area contributed by atoms with Crippen LogP contribution < -0.4 is 57.9 Å². The van der Waals surface area contributed by atoms with Crippen LogP contribution in [0, 0.1) is 20.8 Å². The minimum Gasteiger partial charge on any atom is -0.491 e. The standard InChI is InChI=1S/C81H103ClN22O16S/c1-51-52(2)121-81-70(51)71(54-14-16-55(82)17-15-54)92-60(72-98-97-53(3)104(72)81)46-69(109)89-56-18-20-59(21-19-56)120-43-42-119-41-40-118-39-38-117-37-36-116-35-34-115-33-25-66(106)84-27-13-11-9-10-12-26-83-65(105)22-28-88-78(112)74-95-63(49-102(74)7)93-67(107)23-29-87-77(111)62-45-58(48-101(62)6)91-80(114)75-96-64(50-103(75)8)94-68(108)24-30-86-76(110)61-44-57(47-100(61)5)90-79(113)73-85-31-32-99(73)4/h14-21,31-32,44-45,47-50,60H,9-13,22-30,33-43,46H2,1-8H3,(H,83,105)(H,84,106)(H,86,110)(H,87,111)(H,88,112)(H,89,109)(H,90,113)(H,91,114)(H,93,107)(H,94,108)/t60-/m0/s1. The number of aryl methyl sites for hydroxylation is 7. The lowest BCUT2D eigenvalue weighted by molar-refractivity contribution is -0.122. The summed E-state index contributed by atoms with van der Waals surface area (Å²) in [7, 11) is 8.06. The van der Waals surface area contributed by atoms with Gasteiger partial charge in [0.25, 0.3) is 29.5 Å². The van der Waals surface area contributed by atoms with Gasteiger partial charge < -0.3 is 104 Å². The maximum atomic E-state index is 13.6. The molecule has 0 saturated heterocycles. The molecule has 1 atom stereocenters. The SMILES string of the molecule is Cc1sc2c(c1C)C(c1ccc(Cl)cc1)=N[C@@H](CC(=O)Nc1ccc(OCCOCCOCCOCCOCCOCCC(=O)NCCCCCCCNC(=O)CCNC(=O)c3nc(NC(=O)CCNC(=O)c4cc(NC(=O)c5nc(NC(=O)CCNC(=O)c6cc(NC(=O)c7nccn7C)cn6C)cn5C)cn4C)cn3C)cc1)c1nnc(C)n1-2. The Labute approximate surface area is 707 Å². The van der Waals surface area contributed by atoms with Gasteiger partial charge in [0, 0.05) is 158 Å². The first-order valence-corrected chi connectivity index (χ1v) is 40.8. The lowest BCUT2D eigenvalue weighted by Crippen LogP contribution is -2.32. The number of thiophene rings is 1. The molecule has 10 rings (SSSR count). The van der Waals surface area contributed by atoms with E-state index in [1.165, 1.54) is 55.2 Å². The second-order valence-corrected chi connectivity index (χ2v) is 29.9. The summed E-state index contributed by atoms with van der Waals surface area (Å²) in [6.45, 7) is 11.2. The number of carbonyl (C=O) groups is 10. The number of hydrogen-bond donors (Lipinski definition) is 10. The molecular formula is C81H103ClN22O16S. The van der Waals surface area contributed by atoms with Gasteiger partial charge in [-0.2, -0.15) is 0 Å². The maximum Gasteiger partial charge on any atom is 0.291 e. The number of rotatable bonds is 49. The minimum atomic E-state index is -0.639. The third-order valence-corrected chi connectivity index (χ3v) is 20.4. The fourth-order valence-corrected chi connectivity index (χ4v) is 14.0. The molecule has 1 aliphatic heterocycles. The third-order valence-electron chi connectivity index (χ3n) is 19.0. The molecule has 121 heavy (non-hydrogen) atoms. The van der Waals surface area contributed by atoms with E-state index in [-0.39, 0.29) is 122 Å². The van der Waals surface area contributed by atoms with Gasteiger partial charge in [0.15, 0.2) is 23.3 Å². The fourth-order valence-electron chi connectivity index (χ4n) is 12.6. The van der Waals surface area contributed by atoms with Crippen LogP contribution in [-0.2, 0) is 82.9 Å². The zero-order valence-corrected chi connectivity index (χ0v) is 70.5. The number of aromatic nitrogens is 11. The quantitative estimate of drug-likeness (QED) is 0.0180. The van der Waals surface area contributed by atoms with Crippen LogP contribution in [0.4, 0.5) is 28.7 Å². The molecule has 0 saturated carbocycles. The largest absolute Gasteiger partial charge is 0.491 e. The molecule has 646 valence electrons. The number of carbonyl (C=O) groups excluding carboxylic acids is 10. The molecule has 1 aliphatic rings. The van der Waals surface area contributed by atoms with Gasteiger partial charge in [0.2, 0.25) is 41.2 Å². The highest BCUT2D eigenvalue weighted by Gasteiger charge is 2.33. The number of imidazole rings is 3. The van der Waals surface area contributed by atoms with Crippen molar-refractivity contribution in [3.63, 3.8) is 0 Å². The van der Waals surface area contributed by atoms with E-state index in [1.807, 2.05) is 35.8 Å². The lowest BCUT2D eigenvalue weighted by Gasteiger charge is -2.13. The van der Waals surface area contributed by atoms with Crippen LogP contribution >= 0.6 is 22.9 Å². The van der Waals surface area contributed by atoms with E-state index in [1.54, 1.807) is 87.8 Å². The third kappa shape index (κ3) is 27.4. The van der Waals surface area contributed by atoms with Crippen molar-refractivity contribution in [2.75, 3.05) is 132 Å². The van der Waals surface area contributed by atoms with Gasteiger partial charge in [-0.15, -0.1) is 21.5 Å². The van der Waals surface area contributed by atoms with Gasteiger partial charge in [-0.25, -0.2) is 15.0 Å². The van der Waals surface area contributed by atoms with E-state index >= 15 is 0 Å². The average Bonchev–Trinajstić information content (AvgIpc) is 1.59. The summed E-state index contributed by atoms with van der Waals surface area (Å²) >= 11 is 7.92. The maximum absolute atomic E-state index is 13.6. The van der Waals surface area contributed by atoms with Crippen LogP contribution in [-0.4, -0.2) is 223 Å². The van der Waals surface area contributed by atoms with Crippen LogP contribution in [0.15, 0.2) is 103 Å². The molecule has 0 fully saturated rings. The highest BCUT2D eigenvalue weighted by Crippen LogP contribution is 2.40. The number of aliphatic imine (C=N–C) groups is 1. The van der Waals surface area contributed by atoms with Crippen molar-refractivity contribution in [1.29, 1.82) is 0 Å². The topological polar surface area (TPSA) is 453 Å². The van der Waals surface area contributed by atoms with Gasteiger partial charge >= 0.3 is 0 Å². The summed E-state index contributed by atoms with van der Waals surface area (Å²) in [4.78, 5) is 148. The van der Waals surface area contributed by atoms with Crippen LogP contribution in [0.1, 0.15) is 156 Å². The smallest absolute Gasteiger partial charge is 0.291 e. The number of benzene rings is 2. The second kappa shape index (κ2) is 45.8. The first-order chi connectivity index (χ1) is 58.3. The molecule has 0 aliphatic carbocycles. The number of nitrogens with zero attached hydrogens (tertiary/aromatic N) is 12. The Morgan fingerprint density at radius 3 is 1.48 bits per heavy atom. The van der Waals surface area contributed by atoms with Crippen LogP contribution in [0.3, 0.4) is 0 Å². The summed E-state index contributed by atoms with van der Waals surface area (Å²) in [5.74, 6) is -1.86. The van der Waals surface area contributed by atoms with E-state index in [0.29, 0.717) is 107 Å². The zero-order chi connectivity index (χ0) is 86.3. The second-order valence-electron chi connectivity index (χ2n) is 28.3. The molecule has 9 aromatic rings. The summed E-state index contributed by atoms with van der Waals surface area (Å²) in [6.07, 6.45) is 13.5. The summed E-state index contributed by atoms with van der Waals surface area (Å²) in [5, 5.41) is 37.9. The van der Waals surface area contributed by atoms with Crippen molar-refractivity contribution in [3.05, 3.63) is 165 Å². The summed E-state index contributed by atoms with van der Waals surface area (Å²) < 4.78 is 43.2. The van der Waals surface area contributed by atoms with E-state index in [0.717, 1.165) is 70.2 Å². The van der Waals surface area contributed by atoms with Crippen LogP contribution in [0.25, 0.3) is 5.00 Å². The van der Waals surface area contributed by atoms with Gasteiger partial charge in [-0.05, 0) is 87.7 Å². The normalized spacial score (nSPS) is 12.2. The number of hydrogen-bond acceptors (Lipinski definition) is 23. The number of unbranched alkanes of at least 4 members (excludes halogenated alkanes) is 4. The van der Waals surface area contributed by atoms with Gasteiger partial charge in [-0.1, -0.05) is 43.0 Å². The Morgan fingerprint density at radius 2 is 0.942 bits per heavy atom. The van der Waals surface area contributed by atoms with E-state index in [9.17, 15) is 47.9 Å². The van der Waals surface area contributed by atoms with E-state index < -0.39 is 47.4 Å². The molecule has 7 aromatic heterocycles. The molecule has 8 heterocycles. The first-order valence-electron chi connectivity index (χ1n) is 39.6. The number of nitrogens with one attached hydrogen (secondary N) is 10. The lowest BCUT2D eigenvalue weighted by atomic mass is 9.99. The molecule has 0 unspecified atom stereocenters. The van der Waals surface area contributed by atoms with Gasteiger partial charge in [0.05, 0.1) is 89.6 Å². The van der Waals surface area contributed by atoms with Crippen LogP contribution in [0.5, 0.6) is 5.75 Å². The van der Waals surface area contributed by atoms with Crippen molar-refractivity contribution in [1.82, 2.24) is 79.1 Å². The number of anilines is 5. The van der Waals surface area contributed by atoms with Gasteiger partial charge in [-0.3, -0.25) is 57.5 Å². The van der Waals surface area contributed by atoms with E-state index in [2.05, 4.69) is 92.2 Å². The molecular weight excluding hydrogens is 1600 g/mol. The monoisotopic (exact) mass is 1710 g/mol. The number of amides is 10. The van der Waals surface area contributed by atoms with Gasteiger partial charge in [0.1, 0.15) is 40.6 Å². The summed E-state index contributed by atoms with van der Waals surface area (Å²) in [6, 6.07) is 17.1. The Balaban J connectivity index is 0.471. The van der Waals surface area contributed by atoms with Crippen molar-refractivity contribution >= 4 is 116 Å². The molecule has 10 N–H and O–H groups in total. The number of fused-ring (bicyclic) bond motifs is 3. The molecule has 0 radical (unpaired) electrons. The summed E-state index contributed by atoms with van der Waals surface area (Å²) in [5.41, 5.74) is 5.46. The molecule has 38 nitrogen and oxygen atoms in total. The van der Waals surface area contributed by atoms with Crippen molar-refractivity contribution in [2.45, 2.75) is 91.0 Å². The number of halogens is 1. The van der Waals surface area contributed by atoms with Crippen LogP contribution in [0.2, 0.25) is 5.02 Å². The predicted molar refractivity (Wildman–Crippen MR) is 451 cm³/mol. The Hall–Kier alpha value is -12.3. The van der Waals surface area contributed by atoms with Crippen molar-refractivity contribution < 1.29 is 76.4 Å². The van der Waals surface area contributed by atoms with Crippen molar-refractivity contribution in [3.8, 4) is 10.8 Å². The minimum absolute atomic E-state index is 0.00304. The molecule has 0 bridgehead atoms.